The third-order valence-corrected chi connectivity index (χ3v) is 3.97. The zero-order valence-corrected chi connectivity index (χ0v) is 13.8. The van der Waals surface area contributed by atoms with Gasteiger partial charge >= 0.3 is 0 Å². The number of hydrogen-bond acceptors (Lipinski definition) is 1. The van der Waals surface area contributed by atoms with Gasteiger partial charge in [0.1, 0.15) is 0 Å². The lowest BCUT2D eigenvalue weighted by molar-refractivity contribution is -0.123. The summed E-state index contributed by atoms with van der Waals surface area (Å²) in [5.74, 6) is 0.938. The summed E-state index contributed by atoms with van der Waals surface area (Å²) in [6, 6.07) is 0.307. The van der Waals surface area contributed by atoms with Crippen LogP contribution in [0.1, 0.15) is 80.1 Å². The van der Waals surface area contributed by atoms with Crippen LogP contribution in [0.5, 0.6) is 0 Å². The van der Waals surface area contributed by atoms with Crippen molar-refractivity contribution in [2.45, 2.75) is 86.1 Å². The first kappa shape index (κ1) is 16.5. The monoisotopic (exact) mass is 267 g/mol. The summed E-state index contributed by atoms with van der Waals surface area (Å²) in [5, 5.41) is 3.28. The van der Waals surface area contributed by atoms with Crippen LogP contribution in [0.2, 0.25) is 0 Å². The third-order valence-electron chi connectivity index (χ3n) is 3.97. The molecule has 0 aromatic rings. The van der Waals surface area contributed by atoms with E-state index < -0.39 is 0 Å². The van der Waals surface area contributed by atoms with Crippen LogP contribution < -0.4 is 5.32 Å². The van der Waals surface area contributed by atoms with Crippen molar-refractivity contribution in [3.63, 3.8) is 0 Å². The van der Waals surface area contributed by atoms with Crippen LogP contribution in [0.25, 0.3) is 0 Å². The molecule has 0 spiro atoms. The summed E-state index contributed by atoms with van der Waals surface area (Å²) in [4.78, 5) is 12.0. The highest BCUT2D eigenvalue weighted by molar-refractivity contribution is 5.76. The van der Waals surface area contributed by atoms with E-state index in [-0.39, 0.29) is 11.3 Å². The van der Waals surface area contributed by atoms with Crippen LogP contribution in [0.15, 0.2) is 0 Å². The fourth-order valence-electron chi connectivity index (χ4n) is 2.40. The maximum absolute atomic E-state index is 12.0. The highest BCUT2D eigenvalue weighted by Crippen LogP contribution is 2.33. The minimum atomic E-state index is 0.150. The van der Waals surface area contributed by atoms with Crippen molar-refractivity contribution in [3.8, 4) is 0 Å². The number of carbonyl (C=O) groups is 1. The van der Waals surface area contributed by atoms with Gasteiger partial charge in [0.15, 0.2) is 0 Å². The van der Waals surface area contributed by atoms with E-state index in [4.69, 9.17) is 0 Å². The zero-order valence-electron chi connectivity index (χ0n) is 13.8. The second kappa shape index (κ2) is 6.28. The molecule has 0 bridgehead atoms. The molecule has 0 aliphatic heterocycles. The van der Waals surface area contributed by atoms with Crippen molar-refractivity contribution in [3.05, 3.63) is 0 Å². The summed E-state index contributed by atoms with van der Waals surface area (Å²) in [5.41, 5.74) is 0.539. The first-order valence-electron chi connectivity index (χ1n) is 7.87. The van der Waals surface area contributed by atoms with Gasteiger partial charge in [-0.2, -0.15) is 0 Å². The summed E-state index contributed by atoms with van der Waals surface area (Å²) in [6.45, 7) is 13.5. The fourth-order valence-corrected chi connectivity index (χ4v) is 2.40. The van der Waals surface area contributed by atoms with E-state index in [1.165, 1.54) is 25.7 Å². The van der Waals surface area contributed by atoms with Crippen molar-refractivity contribution < 1.29 is 4.79 Å². The van der Waals surface area contributed by atoms with Crippen LogP contribution >= 0.6 is 0 Å². The smallest absolute Gasteiger partial charge is 0.220 e. The fraction of sp³-hybridized carbons (Fsp3) is 0.941. The van der Waals surface area contributed by atoms with Crippen molar-refractivity contribution >= 4 is 5.91 Å². The van der Waals surface area contributed by atoms with Gasteiger partial charge in [-0.3, -0.25) is 4.79 Å². The average molecular weight is 267 g/mol. The molecule has 2 heteroatoms. The molecule has 1 rings (SSSR count). The van der Waals surface area contributed by atoms with Crippen LogP contribution in [0.3, 0.4) is 0 Å². The second-order valence-electron chi connectivity index (χ2n) is 8.59. The van der Waals surface area contributed by atoms with Gasteiger partial charge in [0.05, 0.1) is 0 Å². The minimum absolute atomic E-state index is 0.150. The van der Waals surface area contributed by atoms with E-state index in [0.717, 1.165) is 12.8 Å². The highest BCUT2D eigenvalue weighted by Gasteiger charge is 2.29. The van der Waals surface area contributed by atoms with Crippen LogP contribution in [0, 0.1) is 16.7 Å². The molecule has 1 atom stereocenters. The normalized spacial score (nSPS) is 18.2. The standard InChI is InChI=1S/C17H33NO/c1-16(2,3)11-7-8-14(17(4,5)6)18-15(19)12-13-9-10-13/h13-14H,7-12H2,1-6H3,(H,18,19). The Hall–Kier alpha value is -0.530. The number of hydrogen-bond donors (Lipinski definition) is 1. The van der Waals surface area contributed by atoms with Crippen LogP contribution in [-0.2, 0) is 4.79 Å². The molecule has 1 unspecified atom stereocenters. The zero-order chi connectivity index (χ0) is 14.7. The van der Waals surface area contributed by atoms with Gasteiger partial charge in [-0.1, -0.05) is 48.0 Å². The quantitative estimate of drug-likeness (QED) is 0.752. The largest absolute Gasteiger partial charge is 0.353 e. The third kappa shape index (κ3) is 7.59. The summed E-state index contributed by atoms with van der Waals surface area (Å²) < 4.78 is 0. The van der Waals surface area contributed by atoms with Crippen molar-refractivity contribution in [1.29, 1.82) is 0 Å². The maximum Gasteiger partial charge on any atom is 0.220 e. The Morgan fingerprint density at radius 2 is 1.74 bits per heavy atom. The molecule has 0 aromatic heterocycles. The van der Waals surface area contributed by atoms with Crippen LogP contribution in [-0.4, -0.2) is 11.9 Å². The number of carbonyl (C=O) groups excluding carboxylic acids is 1. The molecule has 0 saturated heterocycles. The summed E-state index contributed by atoms with van der Waals surface area (Å²) >= 11 is 0. The lowest BCUT2D eigenvalue weighted by atomic mass is 9.81. The molecule has 0 radical (unpaired) electrons. The second-order valence-corrected chi connectivity index (χ2v) is 8.59. The van der Waals surface area contributed by atoms with Gasteiger partial charge in [-0.05, 0) is 42.4 Å². The molecular weight excluding hydrogens is 234 g/mol. The first-order chi connectivity index (χ1) is 8.58. The lowest BCUT2D eigenvalue weighted by Crippen LogP contribution is -2.43. The molecular formula is C17H33NO. The Bertz CT molecular complexity index is 291. The molecule has 112 valence electrons. The number of nitrogens with one attached hydrogen (secondary N) is 1. The molecule has 2 nitrogen and oxygen atoms in total. The maximum atomic E-state index is 12.0. The molecule has 1 aliphatic rings. The van der Waals surface area contributed by atoms with Crippen LogP contribution in [0.4, 0.5) is 0 Å². The molecule has 1 saturated carbocycles. The van der Waals surface area contributed by atoms with E-state index >= 15 is 0 Å². The van der Waals surface area contributed by atoms with Gasteiger partial charge in [-0.15, -0.1) is 0 Å². The molecule has 1 aliphatic carbocycles. The van der Waals surface area contributed by atoms with E-state index in [2.05, 4.69) is 46.9 Å². The molecule has 0 aromatic carbocycles. The lowest BCUT2D eigenvalue weighted by Gasteiger charge is -2.32. The summed E-state index contributed by atoms with van der Waals surface area (Å²) in [7, 11) is 0. The Kier molecular flexibility index (Phi) is 5.46. The predicted molar refractivity (Wildman–Crippen MR) is 82.0 cm³/mol. The van der Waals surface area contributed by atoms with Crippen molar-refractivity contribution in [2.75, 3.05) is 0 Å². The Morgan fingerprint density at radius 1 is 1.16 bits per heavy atom. The Labute approximate surface area is 119 Å². The SMILES string of the molecule is CC(C)(C)CCCC(NC(=O)CC1CC1)C(C)(C)C. The predicted octanol–water partition coefficient (Wildman–Crippen LogP) is 4.53. The van der Waals surface area contributed by atoms with E-state index in [1.807, 2.05) is 0 Å². The summed E-state index contributed by atoms with van der Waals surface area (Å²) in [6.07, 6.45) is 6.74. The van der Waals surface area contributed by atoms with Gasteiger partial charge in [-0.25, -0.2) is 0 Å². The first-order valence-corrected chi connectivity index (χ1v) is 7.87. The average Bonchev–Trinajstić information content (AvgIpc) is 2.96. The molecule has 1 amide bonds. The highest BCUT2D eigenvalue weighted by atomic mass is 16.1. The van der Waals surface area contributed by atoms with Gasteiger partial charge in [0.25, 0.3) is 0 Å². The van der Waals surface area contributed by atoms with Gasteiger partial charge in [0.2, 0.25) is 5.91 Å². The molecule has 0 heterocycles. The van der Waals surface area contributed by atoms with Gasteiger partial charge < -0.3 is 5.32 Å². The van der Waals surface area contributed by atoms with Gasteiger partial charge in [0, 0.05) is 12.5 Å². The van der Waals surface area contributed by atoms with Crippen molar-refractivity contribution in [1.82, 2.24) is 5.32 Å². The molecule has 1 fully saturated rings. The Morgan fingerprint density at radius 3 is 2.16 bits per heavy atom. The van der Waals surface area contributed by atoms with E-state index in [9.17, 15) is 4.79 Å². The van der Waals surface area contributed by atoms with Crippen molar-refractivity contribution in [2.24, 2.45) is 16.7 Å². The Balaban J connectivity index is 2.40. The number of rotatable bonds is 6. The van der Waals surface area contributed by atoms with E-state index in [0.29, 0.717) is 17.4 Å². The van der Waals surface area contributed by atoms with E-state index in [1.54, 1.807) is 0 Å². The topological polar surface area (TPSA) is 29.1 Å². The minimum Gasteiger partial charge on any atom is -0.353 e. The molecule has 1 N–H and O–H groups in total. The molecule has 19 heavy (non-hydrogen) atoms. The number of amides is 1.